The van der Waals surface area contributed by atoms with Crippen LogP contribution in [0.15, 0.2) is 77.3 Å². The minimum Gasteiger partial charge on any atom is -0.493 e. The average Bonchev–Trinajstić information content (AvgIpc) is 3.42. The first-order chi connectivity index (χ1) is 18.0. The molecule has 1 heterocycles. The van der Waals surface area contributed by atoms with E-state index in [9.17, 15) is 14.9 Å². The van der Waals surface area contributed by atoms with Crippen LogP contribution in [0.3, 0.4) is 0 Å². The van der Waals surface area contributed by atoms with E-state index in [-0.39, 0.29) is 17.4 Å². The summed E-state index contributed by atoms with van der Waals surface area (Å²) in [7, 11) is 3.17. The van der Waals surface area contributed by atoms with Crippen LogP contribution in [0.4, 0.5) is 5.69 Å². The minimum atomic E-state index is -0.476. The molecule has 0 saturated heterocycles. The van der Waals surface area contributed by atoms with Gasteiger partial charge < -0.3 is 18.9 Å². The topological polar surface area (TPSA) is 121 Å². The molecule has 0 N–H and O–H groups in total. The number of nitro benzene ring substituents is 1. The Morgan fingerprint density at radius 2 is 1.70 bits per heavy atom. The van der Waals surface area contributed by atoms with Gasteiger partial charge in [0, 0.05) is 42.8 Å². The van der Waals surface area contributed by atoms with Gasteiger partial charge in [0.1, 0.15) is 0 Å². The number of aromatic nitrogens is 2. The number of hydrogen-bond acceptors (Lipinski definition) is 8. The third-order valence-electron chi connectivity index (χ3n) is 5.81. The number of benzene rings is 3. The second-order valence-corrected chi connectivity index (χ2v) is 8.17. The van der Waals surface area contributed by atoms with Crippen LogP contribution >= 0.6 is 0 Å². The van der Waals surface area contributed by atoms with Crippen molar-refractivity contribution in [2.75, 3.05) is 27.3 Å². The van der Waals surface area contributed by atoms with Crippen molar-refractivity contribution in [3.8, 4) is 22.9 Å². The molecule has 4 rings (SSSR count). The summed E-state index contributed by atoms with van der Waals surface area (Å²) in [5, 5.41) is 15.0. The second-order valence-electron chi connectivity index (χ2n) is 8.17. The minimum absolute atomic E-state index is 0.0568. The Bertz CT molecular complexity index is 1370. The number of methoxy groups -OCH3 is 2. The monoisotopic (exact) mass is 502 g/mol. The lowest BCUT2D eigenvalue weighted by atomic mass is 10.1. The summed E-state index contributed by atoms with van der Waals surface area (Å²) in [5.74, 6) is 1.74. The molecule has 1 aromatic heterocycles. The van der Waals surface area contributed by atoms with Crippen molar-refractivity contribution in [3.63, 3.8) is 0 Å². The van der Waals surface area contributed by atoms with Crippen molar-refractivity contribution in [1.82, 2.24) is 15.0 Å². The van der Waals surface area contributed by atoms with Crippen molar-refractivity contribution >= 4 is 11.6 Å². The van der Waals surface area contributed by atoms with Crippen LogP contribution in [0.1, 0.15) is 21.8 Å². The van der Waals surface area contributed by atoms with Crippen LogP contribution in [0.25, 0.3) is 11.4 Å². The lowest BCUT2D eigenvalue weighted by molar-refractivity contribution is -0.384. The highest BCUT2D eigenvalue weighted by Gasteiger charge is 2.19. The molecule has 37 heavy (non-hydrogen) atoms. The molecule has 1 amide bonds. The summed E-state index contributed by atoms with van der Waals surface area (Å²) in [4.78, 5) is 30.0. The molecule has 0 atom stereocenters. The van der Waals surface area contributed by atoms with E-state index in [4.69, 9.17) is 14.0 Å². The van der Waals surface area contributed by atoms with Crippen molar-refractivity contribution in [1.29, 1.82) is 0 Å². The summed E-state index contributed by atoms with van der Waals surface area (Å²) in [6, 6.07) is 20.8. The summed E-state index contributed by atoms with van der Waals surface area (Å²) in [5.41, 5.74) is 2.00. The van der Waals surface area contributed by atoms with E-state index < -0.39 is 4.92 Å². The van der Waals surface area contributed by atoms with Gasteiger partial charge in [-0.2, -0.15) is 4.98 Å². The Morgan fingerprint density at radius 1 is 0.946 bits per heavy atom. The fourth-order valence-corrected chi connectivity index (χ4v) is 3.84. The molecule has 4 aromatic rings. The largest absolute Gasteiger partial charge is 0.493 e. The van der Waals surface area contributed by atoms with E-state index in [0.717, 1.165) is 5.56 Å². The summed E-state index contributed by atoms with van der Waals surface area (Å²) >= 11 is 0. The number of carbonyl (C=O) groups is 1. The predicted octanol–water partition coefficient (Wildman–Crippen LogP) is 4.59. The van der Waals surface area contributed by atoms with Gasteiger partial charge >= 0.3 is 0 Å². The second kappa shape index (κ2) is 11.8. The van der Waals surface area contributed by atoms with Crippen LogP contribution in [0.5, 0.6) is 11.5 Å². The van der Waals surface area contributed by atoms with Gasteiger partial charge in [-0.15, -0.1) is 0 Å². The van der Waals surface area contributed by atoms with Crippen LogP contribution < -0.4 is 9.47 Å². The molecule has 10 heteroatoms. The SMILES string of the molecule is COc1ccc(CCN(CCc2nc(-c3cccc([N+](=O)[O-])c3)no2)C(=O)c2ccccc2)cc1OC. The van der Waals surface area contributed by atoms with E-state index in [1.807, 2.05) is 36.4 Å². The molecule has 0 radical (unpaired) electrons. The van der Waals surface area contributed by atoms with Gasteiger partial charge in [0.05, 0.1) is 19.1 Å². The van der Waals surface area contributed by atoms with Gasteiger partial charge in [-0.3, -0.25) is 14.9 Å². The standard InChI is InChI=1S/C27H26N4O6/c1-35-23-12-11-19(17-24(23)36-2)13-15-30(27(32)20-7-4-3-5-8-20)16-14-25-28-26(29-37-25)21-9-6-10-22(18-21)31(33)34/h3-12,17-18H,13-16H2,1-2H3. The first kappa shape index (κ1) is 25.4. The van der Waals surface area contributed by atoms with Crippen LogP contribution in [-0.4, -0.2) is 53.2 Å². The van der Waals surface area contributed by atoms with Gasteiger partial charge in [0.2, 0.25) is 11.7 Å². The Hall–Kier alpha value is -4.73. The predicted molar refractivity (Wildman–Crippen MR) is 136 cm³/mol. The first-order valence-electron chi connectivity index (χ1n) is 11.6. The number of carbonyl (C=O) groups excluding carboxylic acids is 1. The summed E-state index contributed by atoms with van der Waals surface area (Å²) in [6.07, 6.45) is 0.925. The third-order valence-corrected chi connectivity index (χ3v) is 5.81. The summed E-state index contributed by atoms with van der Waals surface area (Å²) < 4.78 is 16.1. The molecular formula is C27H26N4O6. The van der Waals surface area contributed by atoms with Crippen molar-refractivity contribution in [2.24, 2.45) is 0 Å². The number of ether oxygens (including phenoxy) is 2. The zero-order chi connectivity index (χ0) is 26.2. The lowest BCUT2D eigenvalue weighted by Crippen LogP contribution is -2.34. The Labute approximate surface area is 213 Å². The molecule has 0 spiro atoms. The maximum atomic E-state index is 13.3. The van der Waals surface area contributed by atoms with Gasteiger partial charge in [0.25, 0.3) is 11.6 Å². The molecule has 3 aromatic carbocycles. The van der Waals surface area contributed by atoms with Gasteiger partial charge in [0.15, 0.2) is 11.5 Å². The van der Waals surface area contributed by atoms with E-state index in [2.05, 4.69) is 10.1 Å². The molecule has 0 aliphatic heterocycles. The van der Waals surface area contributed by atoms with Gasteiger partial charge in [-0.25, -0.2) is 0 Å². The van der Waals surface area contributed by atoms with Crippen LogP contribution in [0.2, 0.25) is 0 Å². The molecule has 0 aliphatic rings. The molecule has 0 fully saturated rings. The number of nitrogens with zero attached hydrogens (tertiary/aromatic N) is 4. The number of hydrogen-bond donors (Lipinski definition) is 0. The van der Waals surface area contributed by atoms with E-state index >= 15 is 0 Å². The maximum absolute atomic E-state index is 13.3. The highest BCUT2D eigenvalue weighted by Crippen LogP contribution is 2.28. The Morgan fingerprint density at radius 3 is 2.43 bits per heavy atom. The van der Waals surface area contributed by atoms with Crippen LogP contribution in [-0.2, 0) is 12.8 Å². The van der Waals surface area contributed by atoms with Crippen molar-refractivity contribution < 1.29 is 23.7 Å². The van der Waals surface area contributed by atoms with E-state index in [1.54, 1.807) is 43.4 Å². The van der Waals surface area contributed by atoms with E-state index in [1.165, 1.54) is 12.1 Å². The normalized spacial score (nSPS) is 10.6. The first-order valence-corrected chi connectivity index (χ1v) is 11.6. The van der Waals surface area contributed by atoms with Crippen molar-refractivity contribution in [2.45, 2.75) is 12.8 Å². The zero-order valence-electron chi connectivity index (χ0n) is 20.5. The van der Waals surface area contributed by atoms with Gasteiger partial charge in [-0.1, -0.05) is 41.6 Å². The van der Waals surface area contributed by atoms with Crippen molar-refractivity contribution in [3.05, 3.63) is 99.9 Å². The molecule has 0 aliphatic carbocycles. The number of non-ortho nitro benzene ring substituents is 1. The number of rotatable bonds is 11. The van der Waals surface area contributed by atoms with E-state index in [0.29, 0.717) is 54.4 Å². The molecule has 10 nitrogen and oxygen atoms in total. The lowest BCUT2D eigenvalue weighted by Gasteiger charge is -2.22. The average molecular weight is 503 g/mol. The number of nitro groups is 1. The Kier molecular flexibility index (Phi) is 8.09. The van der Waals surface area contributed by atoms with Crippen LogP contribution in [0, 0.1) is 10.1 Å². The molecule has 0 bridgehead atoms. The molecule has 0 unspecified atom stereocenters. The Balaban J connectivity index is 1.48. The highest BCUT2D eigenvalue weighted by atomic mass is 16.6. The highest BCUT2D eigenvalue weighted by molar-refractivity contribution is 5.94. The van der Waals surface area contributed by atoms with Gasteiger partial charge in [-0.05, 0) is 36.2 Å². The fraction of sp³-hybridized carbons (Fsp3) is 0.222. The molecule has 0 saturated carbocycles. The smallest absolute Gasteiger partial charge is 0.270 e. The number of amides is 1. The molecular weight excluding hydrogens is 476 g/mol. The summed E-state index contributed by atoms with van der Waals surface area (Å²) in [6.45, 7) is 0.798. The fourth-order valence-electron chi connectivity index (χ4n) is 3.84. The zero-order valence-corrected chi connectivity index (χ0v) is 20.5. The quantitative estimate of drug-likeness (QED) is 0.216. The molecule has 190 valence electrons. The third kappa shape index (κ3) is 6.29. The maximum Gasteiger partial charge on any atom is 0.270 e.